The Bertz CT molecular complexity index is 608. The summed E-state index contributed by atoms with van der Waals surface area (Å²) >= 11 is 1.52. The predicted molar refractivity (Wildman–Crippen MR) is 78.0 cm³/mol. The lowest BCUT2D eigenvalue weighted by molar-refractivity contribution is 0.0940. The molecule has 0 radical (unpaired) electrons. The molecule has 0 bridgehead atoms. The fourth-order valence-corrected chi connectivity index (χ4v) is 2.50. The van der Waals surface area contributed by atoms with Crippen LogP contribution in [-0.4, -0.2) is 10.9 Å². The van der Waals surface area contributed by atoms with E-state index in [9.17, 15) is 4.79 Å². The van der Waals surface area contributed by atoms with Crippen molar-refractivity contribution in [2.24, 2.45) is 0 Å². The second-order valence-electron chi connectivity index (χ2n) is 4.37. The number of hydrogen-bond acceptors (Lipinski definition) is 5. The number of nitrogens with two attached hydrogens (primary N) is 2. The van der Waals surface area contributed by atoms with Crippen molar-refractivity contribution < 1.29 is 4.79 Å². The van der Waals surface area contributed by atoms with Crippen LogP contribution >= 0.6 is 11.3 Å². The Morgan fingerprint density at radius 3 is 2.74 bits per heavy atom. The number of anilines is 2. The predicted octanol–water partition coefficient (Wildman–Crippen LogP) is 2.11. The smallest absolute Gasteiger partial charge is 0.253 e. The second kappa shape index (κ2) is 5.27. The van der Waals surface area contributed by atoms with E-state index in [2.05, 4.69) is 10.3 Å². The fourth-order valence-electron chi connectivity index (χ4n) is 1.70. The minimum Gasteiger partial charge on any atom is -0.399 e. The largest absolute Gasteiger partial charge is 0.399 e. The van der Waals surface area contributed by atoms with Crippen molar-refractivity contribution in [2.45, 2.75) is 19.9 Å². The molecule has 2 rings (SSSR count). The summed E-state index contributed by atoms with van der Waals surface area (Å²) in [5.74, 6) is -0.224. The first-order valence-corrected chi connectivity index (χ1v) is 6.73. The molecular formula is C13H16N4OS. The summed E-state index contributed by atoms with van der Waals surface area (Å²) in [6.07, 6.45) is 0. The maximum absolute atomic E-state index is 12.1. The Labute approximate surface area is 115 Å². The second-order valence-corrected chi connectivity index (χ2v) is 5.26. The van der Waals surface area contributed by atoms with Gasteiger partial charge in [0.1, 0.15) is 5.01 Å². The molecule has 0 aliphatic heterocycles. The standard InChI is InChI=1S/C13H16N4OS/c1-7-6-19-13(16-7)8(2)17-12(18)10-4-3-9(14)5-11(10)15/h3-6,8H,14-15H2,1-2H3,(H,17,18). The number of thiazole rings is 1. The fraction of sp³-hybridized carbons (Fsp3) is 0.231. The van der Waals surface area contributed by atoms with Gasteiger partial charge in [-0.1, -0.05) is 0 Å². The maximum atomic E-state index is 12.1. The van der Waals surface area contributed by atoms with E-state index in [0.717, 1.165) is 10.7 Å². The maximum Gasteiger partial charge on any atom is 0.253 e. The topological polar surface area (TPSA) is 94.0 Å². The molecule has 1 aromatic carbocycles. The van der Waals surface area contributed by atoms with Crippen LogP contribution in [0.3, 0.4) is 0 Å². The summed E-state index contributed by atoms with van der Waals surface area (Å²) in [5, 5.41) is 5.70. The number of aromatic nitrogens is 1. The Morgan fingerprint density at radius 2 is 2.16 bits per heavy atom. The van der Waals surface area contributed by atoms with Crippen molar-refractivity contribution in [2.75, 3.05) is 11.5 Å². The number of nitrogens with one attached hydrogen (secondary N) is 1. The molecule has 0 aliphatic rings. The molecule has 1 atom stereocenters. The van der Waals surface area contributed by atoms with Crippen LogP contribution in [0.5, 0.6) is 0 Å². The van der Waals surface area contributed by atoms with Gasteiger partial charge >= 0.3 is 0 Å². The summed E-state index contributed by atoms with van der Waals surface area (Å²) in [5.41, 5.74) is 13.7. The van der Waals surface area contributed by atoms with Crippen LogP contribution in [0.2, 0.25) is 0 Å². The van der Waals surface area contributed by atoms with Gasteiger partial charge in [-0.15, -0.1) is 11.3 Å². The van der Waals surface area contributed by atoms with Crippen LogP contribution in [-0.2, 0) is 0 Å². The van der Waals surface area contributed by atoms with Crippen LogP contribution in [0.4, 0.5) is 11.4 Å². The van der Waals surface area contributed by atoms with Crippen molar-refractivity contribution in [3.05, 3.63) is 39.8 Å². The van der Waals surface area contributed by atoms with Crippen molar-refractivity contribution in [3.8, 4) is 0 Å². The molecule has 1 heterocycles. The summed E-state index contributed by atoms with van der Waals surface area (Å²) < 4.78 is 0. The van der Waals surface area contributed by atoms with Gasteiger partial charge in [0.2, 0.25) is 0 Å². The Balaban J connectivity index is 2.12. The molecule has 1 unspecified atom stereocenters. The lowest BCUT2D eigenvalue weighted by Gasteiger charge is -2.12. The molecule has 100 valence electrons. The Morgan fingerprint density at radius 1 is 1.42 bits per heavy atom. The van der Waals surface area contributed by atoms with Crippen LogP contribution < -0.4 is 16.8 Å². The summed E-state index contributed by atoms with van der Waals surface area (Å²) in [4.78, 5) is 16.5. The number of rotatable bonds is 3. The zero-order valence-corrected chi connectivity index (χ0v) is 11.6. The molecule has 1 amide bonds. The summed E-state index contributed by atoms with van der Waals surface area (Å²) in [7, 11) is 0. The minimum atomic E-state index is -0.224. The zero-order valence-electron chi connectivity index (χ0n) is 10.8. The number of carbonyl (C=O) groups is 1. The molecule has 0 saturated carbocycles. The van der Waals surface area contributed by atoms with E-state index in [0.29, 0.717) is 16.9 Å². The Kier molecular flexibility index (Phi) is 3.71. The summed E-state index contributed by atoms with van der Waals surface area (Å²) in [6.45, 7) is 3.82. The van der Waals surface area contributed by atoms with Gasteiger partial charge in [-0.3, -0.25) is 4.79 Å². The molecule has 5 nitrogen and oxygen atoms in total. The quantitative estimate of drug-likeness (QED) is 0.748. The highest BCUT2D eigenvalue weighted by Gasteiger charge is 2.15. The molecule has 1 aromatic heterocycles. The normalized spacial score (nSPS) is 12.1. The molecular weight excluding hydrogens is 260 g/mol. The van der Waals surface area contributed by atoms with Crippen molar-refractivity contribution in [1.29, 1.82) is 0 Å². The lowest BCUT2D eigenvalue weighted by atomic mass is 10.1. The van der Waals surface area contributed by atoms with Crippen LogP contribution in [0.1, 0.15) is 34.0 Å². The van der Waals surface area contributed by atoms with Gasteiger partial charge < -0.3 is 16.8 Å². The first-order chi connectivity index (χ1) is 8.97. The molecule has 19 heavy (non-hydrogen) atoms. The third-order valence-electron chi connectivity index (χ3n) is 2.68. The average Bonchev–Trinajstić information content (AvgIpc) is 2.75. The number of hydrogen-bond donors (Lipinski definition) is 3. The first kappa shape index (κ1) is 13.4. The first-order valence-electron chi connectivity index (χ1n) is 5.85. The highest BCUT2D eigenvalue weighted by atomic mass is 32.1. The number of aryl methyl sites for hydroxylation is 1. The molecule has 0 spiro atoms. The van der Waals surface area contributed by atoms with Crippen LogP contribution in [0.15, 0.2) is 23.6 Å². The minimum absolute atomic E-state index is 0.150. The van der Waals surface area contributed by atoms with E-state index in [1.54, 1.807) is 18.2 Å². The van der Waals surface area contributed by atoms with Crippen LogP contribution in [0, 0.1) is 6.92 Å². The number of amides is 1. The van der Waals surface area contributed by atoms with Gasteiger partial charge in [0.05, 0.1) is 11.6 Å². The third kappa shape index (κ3) is 3.03. The van der Waals surface area contributed by atoms with Gasteiger partial charge in [0.25, 0.3) is 5.91 Å². The third-order valence-corrected chi connectivity index (χ3v) is 3.82. The lowest BCUT2D eigenvalue weighted by Crippen LogP contribution is -2.27. The van der Waals surface area contributed by atoms with E-state index >= 15 is 0 Å². The zero-order chi connectivity index (χ0) is 14.0. The van der Waals surface area contributed by atoms with Crippen molar-refractivity contribution >= 4 is 28.6 Å². The number of carbonyl (C=O) groups excluding carboxylic acids is 1. The van der Waals surface area contributed by atoms with E-state index in [4.69, 9.17) is 11.5 Å². The van der Waals surface area contributed by atoms with E-state index in [-0.39, 0.29) is 11.9 Å². The highest BCUT2D eigenvalue weighted by Crippen LogP contribution is 2.20. The van der Waals surface area contributed by atoms with Gasteiger partial charge in [-0.05, 0) is 32.0 Å². The average molecular weight is 276 g/mol. The molecule has 2 aromatic rings. The van der Waals surface area contributed by atoms with Gasteiger partial charge in [-0.2, -0.15) is 0 Å². The van der Waals surface area contributed by atoms with Gasteiger partial charge in [-0.25, -0.2) is 4.98 Å². The molecule has 5 N–H and O–H groups in total. The molecule has 6 heteroatoms. The summed E-state index contributed by atoms with van der Waals surface area (Å²) in [6, 6.07) is 4.71. The number of nitrogens with zero attached hydrogens (tertiary/aromatic N) is 1. The van der Waals surface area contributed by atoms with E-state index in [1.807, 2.05) is 19.2 Å². The monoisotopic (exact) mass is 276 g/mol. The Hall–Kier alpha value is -2.08. The van der Waals surface area contributed by atoms with E-state index < -0.39 is 0 Å². The van der Waals surface area contributed by atoms with Crippen molar-refractivity contribution in [1.82, 2.24) is 10.3 Å². The van der Waals surface area contributed by atoms with Crippen LogP contribution in [0.25, 0.3) is 0 Å². The van der Waals surface area contributed by atoms with Gasteiger partial charge in [0.15, 0.2) is 0 Å². The number of benzene rings is 1. The number of nitrogen functional groups attached to an aromatic ring is 2. The van der Waals surface area contributed by atoms with Crippen molar-refractivity contribution in [3.63, 3.8) is 0 Å². The van der Waals surface area contributed by atoms with E-state index in [1.165, 1.54) is 11.3 Å². The van der Waals surface area contributed by atoms with Gasteiger partial charge in [0, 0.05) is 22.4 Å². The molecule has 0 aliphatic carbocycles. The highest BCUT2D eigenvalue weighted by molar-refractivity contribution is 7.09. The SMILES string of the molecule is Cc1csc(C(C)NC(=O)c2ccc(N)cc2N)n1. The molecule has 0 fully saturated rings. The molecule has 0 saturated heterocycles.